The topological polar surface area (TPSA) is 12.0 Å². The molecule has 1 unspecified atom stereocenters. The van der Waals surface area contributed by atoms with Crippen LogP contribution in [0.1, 0.15) is 40.3 Å². The minimum absolute atomic E-state index is 0.207. The molecule has 0 radical (unpaired) electrons. The second-order valence-corrected chi connectivity index (χ2v) is 6.10. The number of fused-ring (bicyclic) bond motifs is 1. The highest BCUT2D eigenvalue weighted by Crippen LogP contribution is 2.29. The summed E-state index contributed by atoms with van der Waals surface area (Å²) in [5.41, 5.74) is 6.80. The normalized spacial score (nSPS) is 15.2. The molecule has 0 fully saturated rings. The Bertz CT molecular complexity index is 613. The van der Waals surface area contributed by atoms with E-state index in [2.05, 4.69) is 42.6 Å². The number of nitrogens with one attached hydrogen (secondary N) is 1. The molecule has 1 nitrogen and oxygen atoms in total. The number of benzene rings is 2. The standard InChI is InChI=1S/C18H20ClN/c1-12-8-16(11-17(19)9-12)18(20-2)15-7-6-13-4-3-5-14(13)10-15/h6-11,18,20H,3-5H2,1-2H3. The molecular weight excluding hydrogens is 266 g/mol. The zero-order valence-corrected chi connectivity index (χ0v) is 12.8. The fourth-order valence-electron chi connectivity index (χ4n) is 3.23. The molecule has 1 N–H and O–H groups in total. The summed E-state index contributed by atoms with van der Waals surface area (Å²) >= 11 is 6.20. The van der Waals surface area contributed by atoms with Crippen LogP contribution in [0.5, 0.6) is 0 Å². The van der Waals surface area contributed by atoms with Crippen LogP contribution in [0.25, 0.3) is 0 Å². The van der Waals surface area contributed by atoms with E-state index >= 15 is 0 Å². The Morgan fingerprint density at radius 1 is 1.00 bits per heavy atom. The average molecular weight is 286 g/mol. The SMILES string of the molecule is CNC(c1cc(C)cc(Cl)c1)c1ccc2c(c1)CCC2. The fourth-order valence-corrected chi connectivity index (χ4v) is 3.53. The summed E-state index contributed by atoms with van der Waals surface area (Å²) in [4.78, 5) is 0. The van der Waals surface area contributed by atoms with Gasteiger partial charge >= 0.3 is 0 Å². The van der Waals surface area contributed by atoms with Crippen molar-refractivity contribution in [3.63, 3.8) is 0 Å². The quantitative estimate of drug-likeness (QED) is 0.879. The molecule has 0 amide bonds. The van der Waals surface area contributed by atoms with Gasteiger partial charge in [-0.05, 0) is 73.2 Å². The van der Waals surface area contributed by atoms with E-state index in [9.17, 15) is 0 Å². The molecule has 1 aliphatic rings. The molecule has 1 aliphatic carbocycles. The molecule has 2 aromatic carbocycles. The third kappa shape index (κ3) is 2.61. The van der Waals surface area contributed by atoms with Crippen molar-refractivity contribution in [2.75, 3.05) is 7.05 Å². The Kier molecular flexibility index (Phi) is 3.82. The maximum atomic E-state index is 6.20. The van der Waals surface area contributed by atoms with Crippen molar-refractivity contribution in [3.8, 4) is 0 Å². The van der Waals surface area contributed by atoms with Crippen LogP contribution >= 0.6 is 11.6 Å². The monoisotopic (exact) mass is 285 g/mol. The molecule has 104 valence electrons. The average Bonchev–Trinajstić information content (AvgIpc) is 2.86. The molecule has 0 saturated carbocycles. The van der Waals surface area contributed by atoms with Gasteiger partial charge in [0.05, 0.1) is 6.04 Å². The van der Waals surface area contributed by atoms with E-state index in [-0.39, 0.29) is 6.04 Å². The Morgan fingerprint density at radius 3 is 2.55 bits per heavy atom. The Hall–Kier alpha value is -1.31. The zero-order valence-electron chi connectivity index (χ0n) is 12.0. The molecule has 3 rings (SSSR count). The van der Waals surface area contributed by atoms with Crippen molar-refractivity contribution in [2.45, 2.75) is 32.2 Å². The lowest BCUT2D eigenvalue weighted by Gasteiger charge is -2.19. The van der Waals surface area contributed by atoms with Crippen LogP contribution < -0.4 is 5.32 Å². The summed E-state index contributed by atoms with van der Waals surface area (Å²) in [6.45, 7) is 2.09. The van der Waals surface area contributed by atoms with Crippen LogP contribution in [0.3, 0.4) is 0 Å². The molecule has 1 atom stereocenters. The molecule has 0 saturated heterocycles. The van der Waals surface area contributed by atoms with Crippen molar-refractivity contribution in [2.24, 2.45) is 0 Å². The van der Waals surface area contributed by atoms with Crippen LogP contribution in [0.4, 0.5) is 0 Å². The molecule has 0 heterocycles. The predicted molar refractivity (Wildman–Crippen MR) is 85.6 cm³/mol. The first-order valence-electron chi connectivity index (χ1n) is 7.23. The first kappa shape index (κ1) is 13.7. The summed E-state index contributed by atoms with van der Waals surface area (Å²) in [5.74, 6) is 0. The second kappa shape index (κ2) is 5.59. The molecule has 0 bridgehead atoms. The van der Waals surface area contributed by atoms with Gasteiger partial charge in [0, 0.05) is 5.02 Å². The lowest BCUT2D eigenvalue weighted by atomic mass is 9.95. The fraction of sp³-hybridized carbons (Fsp3) is 0.333. The number of aryl methyl sites for hydroxylation is 3. The van der Waals surface area contributed by atoms with E-state index in [0.29, 0.717) is 0 Å². The van der Waals surface area contributed by atoms with Crippen molar-refractivity contribution in [1.29, 1.82) is 0 Å². The smallest absolute Gasteiger partial charge is 0.0575 e. The van der Waals surface area contributed by atoms with Crippen LogP contribution in [0.2, 0.25) is 5.02 Å². The van der Waals surface area contributed by atoms with E-state index in [0.717, 1.165) is 5.02 Å². The zero-order chi connectivity index (χ0) is 14.1. The number of hydrogen-bond acceptors (Lipinski definition) is 1. The number of rotatable bonds is 3. The van der Waals surface area contributed by atoms with Gasteiger partial charge in [0.15, 0.2) is 0 Å². The third-order valence-corrected chi connectivity index (χ3v) is 4.36. The minimum atomic E-state index is 0.207. The summed E-state index contributed by atoms with van der Waals surface area (Å²) in [5, 5.41) is 4.23. The van der Waals surface area contributed by atoms with Crippen LogP contribution in [0.15, 0.2) is 36.4 Å². The van der Waals surface area contributed by atoms with Gasteiger partial charge in [-0.25, -0.2) is 0 Å². The first-order valence-corrected chi connectivity index (χ1v) is 7.61. The van der Waals surface area contributed by atoms with Gasteiger partial charge in [-0.1, -0.05) is 35.9 Å². The lowest BCUT2D eigenvalue weighted by Crippen LogP contribution is -2.18. The van der Waals surface area contributed by atoms with Gasteiger partial charge < -0.3 is 5.32 Å². The molecule has 20 heavy (non-hydrogen) atoms. The molecule has 0 aliphatic heterocycles. The molecule has 2 aromatic rings. The number of halogens is 1. The van der Waals surface area contributed by atoms with E-state index in [1.165, 1.54) is 47.1 Å². The summed E-state index contributed by atoms with van der Waals surface area (Å²) in [7, 11) is 2.01. The van der Waals surface area contributed by atoms with Crippen LogP contribution in [-0.2, 0) is 12.8 Å². The van der Waals surface area contributed by atoms with Gasteiger partial charge in [0.25, 0.3) is 0 Å². The largest absolute Gasteiger partial charge is 0.309 e. The van der Waals surface area contributed by atoms with E-state index in [1.807, 2.05) is 13.1 Å². The summed E-state index contributed by atoms with van der Waals surface area (Å²) < 4.78 is 0. The maximum Gasteiger partial charge on any atom is 0.0575 e. The van der Waals surface area contributed by atoms with Gasteiger partial charge in [-0.3, -0.25) is 0 Å². The summed E-state index contributed by atoms with van der Waals surface area (Å²) in [6, 6.07) is 13.4. The Labute approximate surface area is 126 Å². The predicted octanol–water partition coefficient (Wildman–Crippen LogP) is 4.45. The molecule has 2 heteroatoms. The van der Waals surface area contributed by atoms with E-state index in [1.54, 1.807) is 0 Å². The highest BCUT2D eigenvalue weighted by molar-refractivity contribution is 6.30. The number of hydrogen-bond donors (Lipinski definition) is 1. The van der Waals surface area contributed by atoms with E-state index < -0.39 is 0 Å². The van der Waals surface area contributed by atoms with Gasteiger partial charge in [-0.2, -0.15) is 0 Å². The molecular formula is C18H20ClN. The summed E-state index contributed by atoms with van der Waals surface area (Å²) in [6.07, 6.45) is 3.74. The lowest BCUT2D eigenvalue weighted by molar-refractivity contribution is 0.690. The minimum Gasteiger partial charge on any atom is -0.309 e. The van der Waals surface area contributed by atoms with Gasteiger partial charge in [0.2, 0.25) is 0 Å². The third-order valence-electron chi connectivity index (χ3n) is 4.14. The maximum absolute atomic E-state index is 6.20. The van der Waals surface area contributed by atoms with Gasteiger partial charge in [0.1, 0.15) is 0 Å². The van der Waals surface area contributed by atoms with Crippen molar-refractivity contribution < 1.29 is 0 Å². The second-order valence-electron chi connectivity index (χ2n) is 5.67. The highest BCUT2D eigenvalue weighted by atomic mass is 35.5. The Balaban J connectivity index is 2.01. The molecule has 0 aromatic heterocycles. The molecule has 0 spiro atoms. The van der Waals surface area contributed by atoms with Crippen molar-refractivity contribution >= 4 is 11.6 Å². The van der Waals surface area contributed by atoms with Crippen molar-refractivity contribution in [1.82, 2.24) is 5.32 Å². The Morgan fingerprint density at radius 2 is 1.80 bits per heavy atom. The first-order chi connectivity index (χ1) is 9.67. The van der Waals surface area contributed by atoms with Crippen LogP contribution in [-0.4, -0.2) is 7.05 Å². The van der Waals surface area contributed by atoms with Gasteiger partial charge in [-0.15, -0.1) is 0 Å². The van der Waals surface area contributed by atoms with Crippen molar-refractivity contribution in [3.05, 3.63) is 69.2 Å². The van der Waals surface area contributed by atoms with Crippen LogP contribution in [0, 0.1) is 6.92 Å². The highest BCUT2D eigenvalue weighted by Gasteiger charge is 2.17. The van der Waals surface area contributed by atoms with E-state index in [4.69, 9.17) is 11.6 Å².